The lowest BCUT2D eigenvalue weighted by molar-refractivity contribution is -0.116. The van der Waals surface area contributed by atoms with Gasteiger partial charge in [0.1, 0.15) is 5.76 Å². The van der Waals surface area contributed by atoms with Crippen molar-refractivity contribution in [2.45, 2.75) is 26.2 Å². The summed E-state index contributed by atoms with van der Waals surface area (Å²) in [5.74, 6) is 0.192. The number of aliphatic hydroxyl groups excluding tert-OH is 1. The number of hydrogen-bond donors (Lipinski definition) is 1. The zero-order valence-electron chi connectivity index (χ0n) is 15.2. The fourth-order valence-corrected chi connectivity index (χ4v) is 5.30. The Morgan fingerprint density at radius 2 is 2.00 bits per heavy atom. The number of hydrogen-bond acceptors (Lipinski definition) is 3. The van der Waals surface area contributed by atoms with E-state index in [2.05, 4.69) is 55.5 Å². The van der Waals surface area contributed by atoms with Crippen LogP contribution in [-0.4, -0.2) is 10.9 Å². The predicted molar refractivity (Wildman–Crippen MR) is 112 cm³/mol. The smallest absolute Gasteiger partial charge is 0.174 e. The fourth-order valence-electron chi connectivity index (χ4n) is 4.24. The normalized spacial score (nSPS) is 19.1. The lowest BCUT2D eigenvalue weighted by Gasteiger charge is -2.19. The van der Waals surface area contributed by atoms with Crippen LogP contribution in [0.1, 0.15) is 30.9 Å². The van der Waals surface area contributed by atoms with Crippen LogP contribution in [0.5, 0.6) is 0 Å². The van der Waals surface area contributed by atoms with Crippen LogP contribution in [-0.2, 0) is 11.2 Å². The lowest BCUT2D eigenvalue weighted by atomic mass is 9.85. The summed E-state index contributed by atoms with van der Waals surface area (Å²) in [5, 5.41) is 12.0. The quantitative estimate of drug-likeness (QED) is 0.584. The minimum absolute atomic E-state index is 0.0661. The number of allylic oxidation sites excluding steroid dienone is 3. The van der Waals surface area contributed by atoms with Crippen LogP contribution in [0.15, 0.2) is 65.9 Å². The van der Waals surface area contributed by atoms with E-state index in [9.17, 15) is 9.90 Å². The van der Waals surface area contributed by atoms with Crippen LogP contribution in [0.4, 0.5) is 0 Å². The van der Waals surface area contributed by atoms with Crippen molar-refractivity contribution in [1.29, 1.82) is 0 Å². The van der Waals surface area contributed by atoms with E-state index in [1.54, 1.807) is 11.3 Å². The van der Waals surface area contributed by atoms with Gasteiger partial charge in [0.05, 0.1) is 5.57 Å². The number of rotatable bonds is 3. The first kappa shape index (κ1) is 16.5. The van der Waals surface area contributed by atoms with Gasteiger partial charge in [-0.15, -0.1) is 11.3 Å². The van der Waals surface area contributed by atoms with Crippen LogP contribution >= 0.6 is 11.3 Å². The van der Waals surface area contributed by atoms with Crippen molar-refractivity contribution in [3.05, 3.63) is 77.1 Å². The monoisotopic (exact) mass is 372 g/mol. The third kappa shape index (κ3) is 2.57. The molecule has 134 valence electrons. The van der Waals surface area contributed by atoms with Crippen molar-refractivity contribution in [3.8, 4) is 10.4 Å². The maximum absolute atomic E-state index is 13.0. The molecule has 1 heterocycles. The minimum Gasteiger partial charge on any atom is -0.507 e. The van der Waals surface area contributed by atoms with Crippen LogP contribution in [0.3, 0.4) is 0 Å². The summed E-state index contributed by atoms with van der Waals surface area (Å²) >= 11 is 1.76. The van der Waals surface area contributed by atoms with E-state index in [0.29, 0.717) is 5.57 Å². The summed E-state index contributed by atoms with van der Waals surface area (Å²) < 4.78 is 1.26. The second kappa shape index (κ2) is 6.21. The van der Waals surface area contributed by atoms with Crippen molar-refractivity contribution in [2.24, 2.45) is 5.92 Å². The summed E-state index contributed by atoms with van der Waals surface area (Å²) in [6, 6.07) is 16.9. The van der Waals surface area contributed by atoms with Gasteiger partial charge in [0.15, 0.2) is 5.78 Å². The number of fused-ring (bicyclic) bond motifs is 2. The molecule has 0 saturated heterocycles. The van der Waals surface area contributed by atoms with Gasteiger partial charge in [0.25, 0.3) is 0 Å². The highest BCUT2D eigenvalue weighted by Crippen LogP contribution is 2.43. The Morgan fingerprint density at radius 1 is 1.15 bits per heavy atom. The van der Waals surface area contributed by atoms with Gasteiger partial charge in [0.2, 0.25) is 0 Å². The number of aryl methyl sites for hydroxylation is 1. The second-order valence-electron chi connectivity index (χ2n) is 7.30. The minimum atomic E-state index is -0.0661. The fraction of sp³-hybridized carbons (Fsp3) is 0.208. The zero-order valence-corrected chi connectivity index (χ0v) is 16.0. The Morgan fingerprint density at radius 3 is 2.81 bits per heavy atom. The summed E-state index contributed by atoms with van der Waals surface area (Å²) in [4.78, 5) is 14.2. The SMILES string of the molecule is CCc1ccc(-c2cc3ccccc3s2)cc1C1=C(O)C2=C[C@@H](CC2)C1=O. The third-order valence-corrected chi connectivity index (χ3v) is 6.89. The van der Waals surface area contributed by atoms with Crippen molar-refractivity contribution < 1.29 is 9.90 Å². The lowest BCUT2D eigenvalue weighted by Crippen LogP contribution is -2.17. The molecule has 0 unspecified atom stereocenters. The van der Waals surface area contributed by atoms with E-state index < -0.39 is 0 Å². The van der Waals surface area contributed by atoms with Gasteiger partial charge < -0.3 is 5.11 Å². The largest absolute Gasteiger partial charge is 0.507 e. The van der Waals surface area contributed by atoms with E-state index >= 15 is 0 Å². The molecule has 3 aromatic rings. The maximum atomic E-state index is 13.0. The number of thiophene rings is 1. The topological polar surface area (TPSA) is 37.3 Å². The Balaban J connectivity index is 1.68. The van der Waals surface area contributed by atoms with Gasteiger partial charge in [-0.05, 0) is 65.1 Å². The van der Waals surface area contributed by atoms with E-state index in [0.717, 1.165) is 41.5 Å². The number of carbonyl (C=O) groups excluding carboxylic acids is 1. The molecule has 0 aliphatic heterocycles. The number of Topliss-reactive ketones (excluding diaryl/α,β-unsaturated/α-hetero) is 1. The van der Waals surface area contributed by atoms with Crippen molar-refractivity contribution in [2.75, 3.05) is 0 Å². The molecule has 1 atom stereocenters. The first-order chi connectivity index (χ1) is 13.2. The molecule has 0 radical (unpaired) electrons. The number of ketones is 1. The molecule has 0 fully saturated rings. The van der Waals surface area contributed by atoms with Gasteiger partial charge in [-0.2, -0.15) is 0 Å². The van der Waals surface area contributed by atoms with E-state index in [1.165, 1.54) is 15.0 Å². The Kier molecular flexibility index (Phi) is 3.80. The molecule has 2 nitrogen and oxygen atoms in total. The zero-order chi connectivity index (χ0) is 18.5. The molecule has 0 saturated carbocycles. The number of carbonyl (C=O) groups is 1. The average Bonchev–Trinajstić information content (AvgIpc) is 3.32. The second-order valence-corrected chi connectivity index (χ2v) is 8.38. The van der Waals surface area contributed by atoms with Crippen molar-refractivity contribution in [3.63, 3.8) is 0 Å². The summed E-state index contributed by atoms with van der Waals surface area (Å²) in [7, 11) is 0. The van der Waals surface area contributed by atoms with E-state index in [4.69, 9.17) is 0 Å². The van der Waals surface area contributed by atoms with Gasteiger partial charge in [-0.1, -0.05) is 43.3 Å². The van der Waals surface area contributed by atoms with Gasteiger partial charge in [0, 0.05) is 15.5 Å². The highest BCUT2D eigenvalue weighted by molar-refractivity contribution is 7.22. The first-order valence-corrected chi connectivity index (χ1v) is 10.3. The molecule has 3 heteroatoms. The standard InChI is InChI=1S/C24H20O2S/c1-2-14-7-8-16(21-13-15-5-3-4-6-20(15)27-21)12-19(14)22-23(25)17-9-10-18(11-17)24(22)26/h3-8,11-13,17,26H,2,9-10H2,1H3/t17-/m1/s1. The first-order valence-electron chi connectivity index (χ1n) is 9.46. The molecule has 2 aliphatic rings. The highest BCUT2D eigenvalue weighted by Gasteiger charge is 2.36. The molecular weight excluding hydrogens is 352 g/mol. The molecule has 2 aliphatic carbocycles. The summed E-state index contributed by atoms with van der Waals surface area (Å²) in [5.41, 5.74) is 4.56. The molecule has 1 aromatic heterocycles. The Labute approximate surface area is 162 Å². The molecule has 2 aromatic carbocycles. The van der Waals surface area contributed by atoms with Crippen LogP contribution in [0.25, 0.3) is 26.1 Å². The molecule has 0 spiro atoms. The molecule has 0 amide bonds. The van der Waals surface area contributed by atoms with Gasteiger partial charge in [-0.25, -0.2) is 0 Å². The number of aliphatic hydroxyl groups is 1. The van der Waals surface area contributed by atoms with Crippen LogP contribution in [0, 0.1) is 5.92 Å². The van der Waals surface area contributed by atoms with Crippen LogP contribution in [0.2, 0.25) is 0 Å². The van der Waals surface area contributed by atoms with Crippen molar-refractivity contribution in [1.82, 2.24) is 0 Å². The highest BCUT2D eigenvalue weighted by atomic mass is 32.1. The van der Waals surface area contributed by atoms with E-state index in [-0.39, 0.29) is 17.5 Å². The Hall–Kier alpha value is -2.65. The number of benzene rings is 2. The Bertz CT molecular complexity index is 1110. The summed E-state index contributed by atoms with van der Waals surface area (Å²) in [6.45, 7) is 2.09. The average molecular weight is 372 g/mol. The molecule has 5 rings (SSSR count). The molecule has 1 N–H and O–H groups in total. The van der Waals surface area contributed by atoms with E-state index in [1.807, 2.05) is 6.08 Å². The molecule has 2 bridgehead atoms. The third-order valence-electron chi connectivity index (χ3n) is 5.72. The predicted octanol–water partition coefficient (Wildman–Crippen LogP) is 6.32. The van der Waals surface area contributed by atoms with Crippen LogP contribution < -0.4 is 0 Å². The molecular formula is C24H20O2S. The summed E-state index contributed by atoms with van der Waals surface area (Å²) in [6.07, 6.45) is 4.39. The van der Waals surface area contributed by atoms with Gasteiger partial charge in [-0.3, -0.25) is 4.79 Å². The molecule has 27 heavy (non-hydrogen) atoms. The van der Waals surface area contributed by atoms with Gasteiger partial charge >= 0.3 is 0 Å². The van der Waals surface area contributed by atoms with Crippen molar-refractivity contribution >= 4 is 32.8 Å². The maximum Gasteiger partial charge on any atom is 0.174 e.